The number of halogens is 1. The van der Waals surface area contributed by atoms with E-state index in [4.69, 9.17) is 0 Å². The SMILES string of the molecule is BrC12CC3CC(C1)CC(C14CC5CC(CC(C5)C1)C4)(C3)C2. The van der Waals surface area contributed by atoms with Gasteiger partial charge in [0.15, 0.2) is 0 Å². The van der Waals surface area contributed by atoms with E-state index in [1.165, 1.54) is 12.8 Å². The van der Waals surface area contributed by atoms with E-state index in [2.05, 4.69) is 15.9 Å². The predicted octanol–water partition coefficient (Wildman–Crippen LogP) is 5.94. The molecule has 0 saturated heterocycles. The maximum Gasteiger partial charge on any atom is 0.0268 e. The van der Waals surface area contributed by atoms with Crippen molar-refractivity contribution >= 4 is 15.9 Å². The number of alkyl halides is 1. The van der Waals surface area contributed by atoms with Crippen LogP contribution in [0.1, 0.15) is 77.0 Å². The monoisotopic (exact) mass is 348 g/mol. The van der Waals surface area contributed by atoms with Crippen molar-refractivity contribution in [1.82, 2.24) is 0 Å². The Hall–Kier alpha value is 0.480. The molecule has 21 heavy (non-hydrogen) atoms. The van der Waals surface area contributed by atoms with Crippen molar-refractivity contribution in [3.05, 3.63) is 0 Å². The highest BCUT2D eigenvalue weighted by Crippen LogP contribution is 2.76. The van der Waals surface area contributed by atoms with Crippen LogP contribution in [0.3, 0.4) is 0 Å². The molecule has 0 spiro atoms. The molecule has 8 saturated carbocycles. The fourth-order valence-corrected chi connectivity index (χ4v) is 11.0. The van der Waals surface area contributed by atoms with E-state index < -0.39 is 0 Å². The van der Waals surface area contributed by atoms with Crippen LogP contribution in [0.2, 0.25) is 0 Å². The summed E-state index contributed by atoms with van der Waals surface area (Å²) in [5.41, 5.74) is 1.58. The quantitative estimate of drug-likeness (QED) is 0.514. The van der Waals surface area contributed by atoms with Crippen LogP contribution < -0.4 is 0 Å². The van der Waals surface area contributed by atoms with Crippen molar-refractivity contribution < 1.29 is 0 Å². The van der Waals surface area contributed by atoms with E-state index >= 15 is 0 Å². The minimum absolute atomic E-state index is 0.570. The first-order valence-corrected chi connectivity index (χ1v) is 10.5. The van der Waals surface area contributed by atoms with Gasteiger partial charge in [0.05, 0.1) is 0 Å². The van der Waals surface area contributed by atoms with Crippen molar-refractivity contribution in [3.63, 3.8) is 0 Å². The first kappa shape index (κ1) is 12.8. The molecule has 2 atom stereocenters. The lowest BCUT2D eigenvalue weighted by molar-refractivity contribution is -0.192. The molecule has 0 radical (unpaired) electrons. The van der Waals surface area contributed by atoms with Crippen molar-refractivity contribution in [2.24, 2.45) is 40.4 Å². The average Bonchev–Trinajstić information content (AvgIpc) is 2.33. The smallest absolute Gasteiger partial charge is 0.0268 e. The summed E-state index contributed by atoms with van der Waals surface area (Å²) in [4.78, 5) is 0. The molecule has 0 aromatic carbocycles. The van der Waals surface area contributed by atoms with Crippen LogP contribution in [-0.2, 0) is 0 Å². The Labute approximate surface area is 138 Å². The summed E-state index contributed by atoms with van der Waals surface area (Å²) in [6, 6.07) is 0. The molecule has 0 aromatic heterocycles. The predicted molar refractivity (Wildman–Crippen MR) is 89.4 cm³/mol. The highest BCUT2D eigenvalue weighted by Gasteiger charge is 2.67. The standard InChI is InChI=1S/C20H29Br/c21-20-10-16-4-17(11-20)9-19(8-16,12-20)18-5-13-1-14(6-18)3-15(2-13)7-18/h13-17H,1-12H2. The molecule has 0 nitrogen and oxygen atoms in total. The van der Waals surface area contributed by atoms with Crippen LogP contribution in [0.25, 0.3) is 0 Å². The summed E-state index contributed by atoms with van der Waals surface area (Å²) in [5, 5.41) is 0. The van der Waals surface area contributed by atoms with Crippen LogP contribution >= 0.6 is 15.9 Å². The van der Waals surface area contributed by atoms with Gasteiger partial charge in [0.25, 0.3) is 0 Å². The Kier molecular flexibility index (Phi) is 2.30. The molecule has 0 aliphatic heterocycles. The summed E-state index contributed by atoms with van der Waals surface area (Å²) in [5.74, 6) is 5.57. The Bertz CT molecular complexity index is 443. The van der Waals surface area contributed by atoms with E-state index in [1.807, 2.05) is 0 Å². The minimum atomic E-state index is 0.570. The highest BCUT2D eigenvalue weighted by molar-refractivity contribution is 9.10. The van der Waals surface area contributed by atoms with Gasteiger partial charge in [-0.05, 0) is 117 Å². The Morgan fingerprint density at radius 1 is 0.524 bits per heavy atom. The van der Waals surface area contributed by atoms with E-state index in [-0.39, 0.29) is 0 Å². The maximum atomic E-state index is 4.27. The molecular formula is C20H29Br. The number of rotatable bonds is 1. The van der Waals surface area contributed by atoms with Gasteiger partial charge in [0.2, 0.25) is 0 Å². The molecule has 8 aliphatic rings. The highest BCUT2D eigenvalue weighted by atomic mass is 79.9. The Morgan fingerprint density at radius 2 is 0.952 bits per heavy atom. The minimum Gasteiger partial charge on any atom is -0.0853 e. The lowest BCUT2D eigenvalue weighted by Gasteiger charge is -2.71. The molecule has 0 heterocycles. The van der Waals surface area contributed by atoms with Crippen molar-refractivity contribution in [2.75, 3.05) is 0 Å². The van der Waals surface area contributed by atoms with Crippen LogP contribution in [0.4, 0.5) is 0 Å². The van der Waals surface area contributed by atoms with Crippen LogP contribution in [-0.4, -0.2) is 4.32 Å². The summed E-state index contributed by atoms with van der Waals surface area (Å²) in [7, 11) is 0. The van der Waals surface area contributed by atoms with Gasteiger partial charge in [-0.15, -0.1) is 0 Å². The van der Waals surface area contributed by atoms with E-state index in [1.54, 1.807) is 64.2 Å². The van der Waals surface area contributed by atoms with E-state index in [0.717, 1.165) is 40.4 Å². The normalized spacial score (nSPS) is 67.0. The van der Waals surface area contributed by atoms with Gasteiger partial charge in [0, 0.05) is 4.32 Å². The first-order valence-electron chi connectivity index (χ1n) is 9.74. The molecule has 8 fully saturated rings. The zero-order valence-corrected chi connectivity index (χ0v) is 14.8. The van der Waals surface area contributed by atoms with Gasteiger partial charge in [-0.25, -0.2) is 0 Å². The zero-order chi connectivity index (χ0) is 13.9. The number of hydrogen-bond acceptors (Lipinski definition) is 0. The fraction of sp³-hybridized carbons (Fsp3) is 1.00. The fourth-order valence-electron chi connectivity index (χ4n) is 9.53. The second-order valence-electron chi connectivity index (χ2n) is 10.6. The molecular weight excluding hydrogens is 320 g/mol. The molecule has 0 aromatic rings. The second kappa shape index (κ2) is 3.76. The molecule has 116 valence electrons. The zero-order valence-electron chi connectivity index (χ0n) is 13.2. The topological polar surface area (TPSA) is 0 Å². The molecule has 0 N–H and O–H groups in total. The van der Waals surface area contributed by atoms with E-state index in [9.17, 15) is 0 Å². The Balaban J connectivity index is 1.45. The van der Waals surface area contributed by atoms with Gasteiger partial charge in [-0.1, -0.05) is 15.9 Å². The lowest BCUT2D eigenvalue weighted by Crippen LogP contribution is -2.63. The number of hydrogen-bond donors (Lipinski definition) is 0. The molecule has 2 unspecified atom stereocenters. The summed E-state index contributed by atoms with van der Waals surface area (Å²) >= 11 is 4.27. The van der Waals surface area contributed by atoms with Crippen molar-refractivity contribution in [2.45, 2.75) is 81.4 Å². The van der Waals surface area contributed by atoms with Crippen molar-refractivity contribution in [3.8, 4) is 0 Å². The third-order valence-electron chi connectivity index (χ3n) is 9.15. The molecule has 8 rings (SSSR count). The summed E-state index contributed by atoms with van der Waals surface area (Å²) in [6.07, 6.45) is 19.2. The van der Waals surface area contributed by atoms with Gasteiger partial charge >= 0.3 is 0 Å². The van der Waals surface area contributed by atoms with Gasteiger partial charge < -0.3 is 0 Å². The van der Waals surface area contributed by atoms with Gasteiger partial charge in [-0.2, -0.15) is 0 Å². The average molecular weight is 349 g/mol. The molecule has 8 aliphatic carbocycles. The van der Waals surface area contributed by atoms with Crippen molar-refractivity contribution in [1.29, 1.82) is 0 Å². The first-order chi connectivity index (χ1) is 10.1. The Morgan fingerprint density at radius 3 is 1.43 bits per heavy atom. The summed E-state index contributed by atoms with van der Waals surface area (Å²) in [6.45, 7) is 0. The van der Waals surface area contributed by atoms with Gasteiger partial charge in [0.1, 0.15) is 0 Å². The van der Waals surface area contributed by atoms with Crippen LogP contribution in [0.15, 0.2) is 0 Å². The lowest BCUT2D eigenvalue weighted by atomic mass is 9.35. The van der Waals surface area contributed by atoms with Crippen LogP contribution in [0.5, 0.6) is 0 Å². The maximum absolute atomic E-state index is 4.27. The molecule has 0 amide bonds. The largest absolute Gasteiger partial charge is 0.0853 e. The molecule has 8 bridgehead atoms. The van der Waals surface area contributed by atoms with E-state index in [0.29, 0.717) is 4.32 Å². The third kappa shape index (κ3) is 1.58. The summed E-state index contributed by atoms with van der Waals surface area (Å²) < 4.78 is 0.570. The second-order valence-corrected chi connectivity index (χ2v) is 12.3. The van der Waals surface area contributed by atoms with Crippen LogP contribution in [0, 0.1) is 40.4 Å². The molecule has 1 heteroatoms. The third-order valence-corrected chi connectivity index (χ3v) is 10.1. The van der Waals surface area contributed by atoms with Gasteiger partial charge in [-0.3, -0.25) is 0 Å².